The highest BCUT2D eigenvalue weighted by Crippen LogP contribution is 2.12. The monoisotopic (exact) mass is 184 g/mol. The molecule has 0 amide bonds. The number of ketones is 1. The van der Waals surface area contributed by atoms with Gasteiger partial charge in [0.15, 0.2) is 0 Å². The van der Waals surface area contributed by atoms with Crippen molar-refractivity contribution in [3.05, 3.63) is 0 Å². The average Bonchev–Trinajstić information content (AvgIpc) is 2.58. The van der Waals surface area contributed by atoms with Crippen LogP contribution in [0.3, 0.4) is 0 Å². The van der Waals surface area contributed by atoms with Crippen LogP contribution in [0.5, 0.6) is 0 Å². The Balaban J connectivity index is 0.000000132. The minimum atomic E-state index is -0.0463. The summed E-state index contributed by atoms with van der Waals surface area (Å²) in [5.41, 5.74) is 0. The van der Waals surface area contributed by atoms with Crippen molar-refractivity contribution in [2.75, 3.05) is 6.61 Å². The van der Waals surface area contributed by atoms with Crippen LogP contribution in [-0.4, -0.2) is 18.4 Å². The van der Waals surface area contributed by atoms with Gasteiger partial charge in [-0.2, -0.15) is 0 Å². The Hall–Kier alpha value is -0.860. The highest BCUT2D eigenvalue weighted by Gasteiger charge is 2.08. The van der Waals surface area contributed by atoms with E-state index in [-0.39, 0.29) is 5.97 Å². The van der Waals surface area contributed by atoms with Gasteiger partial charge in [0.05, 0.1) is 6.61 Å². The molecule has 1 saturated carbocycles. The van der Waals surface area contributed by atoms with Crippen LogP contribution in [0.2, 0.25) is 0 Å². The van der Waals surface area contributed by atoms with E-state index in [2.05, 4.69) is 4.74 Å². The van der Waals surface area contributed by atoms with Crippen molar-refractivity contribution in [3.63, 3.8) is 0 Å². The fraction of sp³-hybridized carbons (Fsp3) is 0.800. The fourth-order valence-corrected chi connectivity index (χ4v) is 1.42. The molecule has 2 fully saturated rings. The highest BCUT2D eigenvalue weighted by molar-refractivity contribution is 5.78. The van der Waals surface area contributed by atoms with Gasteiger partial charge < -0.3 is 4.74 Å². The second-order valence-electron chi connectivity index (χ2n) is 3.42. The van der Waals surface area contributed by atoms with Crippen LogP contribution >= 0.6 is 0 Å². The third kappa shape index (κ3) is 4.65. The first-order chi connectivity index (χ1) is 6.29. The third-order valence-corrected chi connectivity index (χ3v) is 2.20. The Labute approximate surface area is 78.5 Å². The lowest BCUT2D eigenvalue weighted by molar-refractivity contribution is -0.137. The molecule has 0 spiro atoms. The zero-order valence-electron chi connectivity index (χ0n) is 7.88. The zero-order valence-corrected chi connectivity index (χ0v) is 7.88. The molecule has 0 atom stereocenters. The number of cyclic esters (lactones) is 1. The van der Waals surface area contributed by atoms with Crippen molar-refractivity contribution in [2.45, 2.75) is 44.9 Å². The molecule has 1 heterocycles. The van der Waals surface area contributed by atoms with Gasteiger partial charge in [0.25, 0.3) is 0 Å². The number of hydrogen-bond donors (Lipinski definition) is 0. The van der Waals surface area contributed by atoms with E-state index in [0.717, 1.165) is 32.1 Å². The maximum atomic E-state index is 10.5. The summed E-state index contributed by atoms with van der Waals surface area (Å²) >= 11 is 0. The second kappa shape index (κ2) is 5.73. The summed E-state index contributed by atoms with van der Waals surface area (Å²) in [4.78, 5) is 20.5. The van der Waals surface area contributed by atoms with Gasteiger partial charge in [-0.25, -0.2) is 0 Å². The fourth-order valence-electron chi connectivity index (χ4n) is 1.42. The normalized spacial score (nSPS) is 21.8. The quantitative estimate of drug-likeness (QED) is 0.539. The Bertz CT molecular complexity index is 171. The van der Waals surface area contributed by atoms with Crippen molar-refractivity contribution in [2.24, 2.45) is 0 Å². The minimum absolute atomic E-state index is 0.0463. The molecule has 0 aromatic carbocycles. The predicted molar refractivity (Wildman–Crippen MR) is 48.3 cm³/mol. The van der Waals surface area contributed by atoms with Gasteiger partial charge >= 0.3 is 5.97 Å². The Kier molecular flexibility index (Phi) is 4.50. The Morgan fingerprint density at radius 2 is 1.54 bits per heavy atom. The van der Waals surface area contributed by atoms with Crippen LogP contribution in [0.1, 0.15) is 44.9 Å². The summed E-state index contributed by atoms with van der Waals surface area (Å²) in [6.07, 6.45) is 6.78. The number of esters is 1. The lowest BCUT2D eigenvalue weighted by Gasteiger charge is -2.05. The minimum Gasteiger partial charge on any atom is -0.466 e. The predicted octanol–water partition coefficient (Wildman–Crippen LogP) is 1.84. The maximum absolute atomic E-state index is 10.5. The van der Waals surface area contributed by atoms with Crippen molar-refractivity contribution >= 4 is 11.8 Å². The van der Waals surface area contributed by atoms with Gasteiger partial charge in [0, 0.05) is 19.3 Å². The molecule has 1 aliphatic carbocycles. The molecule has 0 aromatic rings. The van der Waals surface area contributed by atoms with E-state index < -0.39 is 0 Å². The van der Waals surface area contributed by atoms with Gasteiger partial charge in [-0.1, -0.05) is 6.42 Å². The number of hydrogen-bond acceptors (Lipinski definition) is 3. The molecular formula is C10H16O3. The molecular weight excluding hydrogens is 168 g/mol. The summed E-state index contributed by atoms with van der Waals surface area (Å²) < 4.78 is 4.51. The zero-order chi connectivity index (χ0) is 9.52. The van der Waals surface area contributed by atoms with Crippen LogP contribution in [0.4, 0.5) is 0 Å². The molecule has 13 heavy (non-hydrogen) atoms. The number of carbonyl (C=O) groups excluding carboxylic acids is 2. The van der Waals surface area contributed by atoms with Crippen LogP contribution in [-0.2, 0) is 14.3 Å². The first-order valence-corrected chi connectivity index (χ1v) is 4.96. The van der Waals surface area contributed by atoms with Crippen molar-refractivity contribution in [1.82, 2.24) is 0 Å². The molecule has 2 aliphatic rings. The number of rotatable bonds is 0. The molecule has 2 rings (SSSR count). The van der Waals surface area contributed by atoms with E-state index in [1.807, 2.05) is 0 Å². The van der Waals surface area contributed by atoms with E-state index >= 15 is 0 Å². The second-order valence-corrected chi connectivity index (χ2v) is 3.42. The first-order valence-electron chi connectivity index (χ1n) is 4.96. The van der Waals surface area contributed by atoms with E-state index in [0.29, 0.717) is 18.8 Å². The highest BCUT2D eigenvalue weighted by atomic mass is 16.5. The lowest BCUT2D eigenvalue weighted by atomic mass is 10.00. The van der Waals surface area contributed by atoms with Gasteiger partial charge in [-0.05, 0) is 19.3 Å². The SMILES string of the molecule is O=C1CCCCC1.O=C1CCCO1. The maximum Gasteiger partial charge on any atom is 0.305 e. The van der Waals surface area contributed by atoms with Crippen molar-refractivity contribution in [1.29, 1.82) is 0 Å². The largest absolute Gasteiger partial charge is 0.466 e. The van der Waals surface area contributed by atoms with Gasteiger partial charge in [-0.3, -0.25) is 9.59 Å². The standard InChI is InChI=1S/C6H10O.C4H6O2/c7-6-4-2-1-3-5-6;5-4-2-1-3-6-4/h1-5H2;1-3H2. The van der Waals surface area contributed by atoms with E-state index in [9.17, 15) is 9.59 Å². The van der Waals surface area contributed by atoms with Crippen LogP contribution in [0.15, 0.2) is 0 Å². The molecule has 0 bridgehead atoms. The number of ether oxygens (including phenoxy) is 1. The average molecular weight is 184 g/mol. The van der Waals surface area contributed by atoms with Gasteiger partial charge in [0.2, 0.25) is 0 Å². The number of Topliss-reactive ketones (excluding diaryl/α,β-unsaturated/α-hetero) is 1. The summed E-state index contributed by atoms with van der Waals surface area (Å²) in [6, 6.07) is 0. The molecule has 74 valence electrons. The molecule has 0 unspecified atom stereocenters. The van der Waals surface area contributed by atoms with Crippen molar-refractivity contribution in [3.8, 4) is 0 Å². The summed E-state index contributed by atoms with van der Waals surface area (Å²) in [6.45, 7) is 0.638. The first kappa shape index (κ1) is 10.2. The van der Waals surface area contributed by atoms with Crippen LogP contribution < -0.4 is 0 Å². The smallest absolute Gasteiger partial charge is 0.305 e. The molecule has 1 aliphatic heterocycles. The van der Waals surface area contributed by atoms with Crippen LogP contribution in [0.25, 0.3) is 0 Å². The Morgan fingerprint density at radius 1 is 0.846 bits per heavy atom. The van der Waals surface area contributed by atoms with Crippen LogP contribution in [0, 0.1) is 0 Å². The van der Waals surface area contributed by atoms with E-state index in [1.165, 1.54) is 6.42 Å². The molecule has 0 N–H and O–H groups in total. The van der Waals surface area contributed by atoms with Gasteiger partial charge in [-0.15, -0.1) is 0 Å². The summed E-state index contributed by atoms with van der Waals surface area (Å²) in [5, 5.41) is 0. The third-order valence-electron chi connectivity index (χ3n) is 2.20. The topological polar surface area (TPSA) is 43.4 Å². The van der Waals surface area contributed by atoms with E-state index in [1.54, 1.807) is 0 Å². The van der Waals surface area contributed by atoms with Crippen molar-refractivity contribution < 1.29 is 14.3 Å². The summed E-state index contributed by atoms with van der Waals surface area (Å²) in [5.74, 6) is 0.418. The molecule has 1 saturated heterocycles. The number of carbonyl (C=O) groups is 2. The van der Waals surface area contributed by atoms with E-state index in [4.69, 9.17) is 0 Å². The molecule has 3 heteroatoms. The molecule has 3 nitrogen and oxygen atoms in total. The molecule has 0 radical (unpaired) electrons. The summed E-state index contributed by atoms with van der Waals surface area (Å²) in [7, 11) is 0. The Morgan fingerprint density at radius 3 is 1.77 bits per heavy atom. The molecule has 0 aromatic heterocycles. The lowest BCUT2D eigenvalue weighted by Crippen LogP contribution is -2.02. The van der Waals surface area contributed by atoms with Gasteiger partial charge in [0.1, 0.15) is 5.78 Å².